The van der Waals surface area contributed by atoms with E-state index in [1.165, 1.54) is 0 Å². The van der Waals surface area contributed by atoms with Gasteiger partial charge in [0.15, 0.2) is 0 Å². The zero-order valence-corrected chi connectivity index (χ0v) is 20.8. The molecular weight excluding hydrogens is 438 g/mol. The maximum atomic E-state index is 13.4. The van der Waals surface area contributed by atoms with Crippen LogP contribution in [0.1, 0.15) is 48.7 Å². The van der Waals surface area contributed by atoms with Gasteiger partial charge in [0.2, 0.25) is 5.91 Å². The van der Waals surface area contributed by atoms with Gasteiger partial charge in [0.05, 0.1) is 7.11 Å². The molecule has 6 nitrogen and oxygen atoms in total. The van der Waals surface area contributed by atoms with E-state index >= 15 is 0 Å². The number of amides is 2. The van der Waals surface area contributed by atoms with Crippen LogP contribution >= 0.6 is 0 Å². The molecule has 0 aliphatic carbocycles. The molecule has 3 aromatic rings. The zero-order valence-electron chi connectivity index (χ0n) is 20.8. The van der Waals surface area contributed by atoms with E-state index in [-0.39, 0.29) is 11.8 Å². The Morgan fingerprint density at radius 3 is 2.31 bits per heavy atom. The molecule has 35 heavy (non-hydrogen) atoms. The lowest BCUT2D eigenvalue weighted by Gasteiger charge is -2.34. The SMILES string of the molecule is COc1ccc(C(=O)NC(C(=O)NCC2CCN(C(C)C)CC2)c2ccc3ccccc3c2)cc1. The first-order valence-corrected chi connectivity index (χ1v) is 12.4. The first kappa shape index (κ1) is 24.7. The molecule has 1 aliphatic rings. The number of likely N-dealkylation sites (tertiary alicyclic amines) is 1. The number of nitrogens with zero attached hydrogens (tertiary/aromatic N) is 1. The molecule has 3 aromatic carbocycles. The quantitative estimate of drug-likeness (QED) is 0.503. The molecule has 1 unspecified atom stereocenters. The third-order valence-corrected chi connectivity index (χ3v) is 6.94. The number of nitrogens with one attached hydrogen (secondary N) is 2. The van der Waals surface area contributed by atoms with E-state index in [1.54, 1.807) is 31.4 Å². The summed E-state index contributed by atoms with van der Waals surface area (Å²) in [6.07, 6.45) is 2.13. The molecule has 0 radical (unpaired) electrons. The molecule has 6 heteroatoms. The summed E-state index contributed by atoms with van der Waals surface area (Å²) in [6, 6.07) is 20.5. The van der Waals surface area contributed by atoms with E-state index in [4.69, 9.17) is 4.74 Å². The number of piperidine rings is 1. The average molecular weight is 474 g/mol. The smallest absolute Gasteiger partial charge is 0.252 e. The third-order valence-electron chi connectivity index (χ3n) is 6.94. The van der Waals surface area contributed by atoms with Crippen LogP contribution in [-0.4, -0.2) is 49.5 Å². The van der Waals surface area contributed by atoms with Crippen LogP contribution in [0, 0.1) is 5.92 Å². The van der Waals surface area contributed by atoms with Gasteiger partial charge in [0, 0.05) is 18.2 Å². The van der Waals surface area contributed by atoms with E-state index in [2.05, 4.69) is 29.4 Å². The molecule has 1 atom stereocenters. The Balaban J connectivity index is 1.49. The van der Waals surface area contributed by atoms with Crippen LogP contribution in [-0.2, 0) is 4.79 Å². The second-order valence-corrected chi connectivity index (χ2v) is 9.56. The summed E-state index contributed by atoms with van der Waals surface area (Å²) in [5, 5.41) is 8.21. The van der Waals surface area contributed by atoms with Crippen molar-refractivity contribution in [3.63, 3.8) is 0 Å². The summed E-state index contributed by atoms with van der Waals surface area (Å²) in [4.78, 5) is 28.9. The minimum atomic E-state index is -0.787. The molecule has 1 fully saturated rings. The monoisotopic (exact) mass is 473 g/mol. The second kappa shape index (κ2) is 11.4. The number of carbonyl (C=O) groups excluding carboxylic acids is 2. The maximum Gasteiger partial charge on any atom is 0.252 e. The number of hydrogen-bond donors (Lipinski definition) is 2. The Labute approximate surface area is 207 Å². The second-order valence-electron chi connectivity index (χ2n) is 9.56. The predicted octanol–water partition coefficient (Wildman–Crippen LogP) is 4.56. The lowest BCUT2D eigenvalue weighted by atomic mass is 9.95. The summed E-state index contributed by atoms with van der Waals surface area (Å²) in [5.41, 5.74) is 1.24. The van der Waals surface area contributed by atoms with Crippen LogP contribution in [0.2, 0.25) is 0 Å². The highest BCUT2D eigenvalue weighted by molar-refractivity contribution is 5.98. The van der Waals surface area contributed by atoms with Gasteiger partial charge in [-0.05, 0) is 92.4 Å². The Hall–Kier alpha value is -3.38. The van der Waals surface area contributed by atoms with Gasteiger partial charge in [-0.3, -0.25) is 9.59 Å². The summed E-state index contributed by atoms with van der Waals surface area (Å²) in [7, 11) is 1.59. The number of ether oxygens (including phenoxy) is 1. The number of rotatable bonds is 8. The van der Waals surface area contributed by atoms with Gasteiger partial charge in [-0.1, -0.05) is 36.4 Å². The molecule has 0 saturated carbocycles. The van der Waals surface area contributed by atoms with Crippen molar-refractivity contribution < 1.29 is 14.3 Å². The minimum Gasteiger partial charge on any atom is -0.497 e. The van der Waals surface area contributed by atoms with Crippen molar-refractivity contribution in [1.82, 2.24) is 15.5 Å². The largest absolute Gasteiger partial charge is 0.497 e. The average Bonchev–Trinajstić information content (AvgIpc) is 2.90. The van der Waals surface area contributed by atoms with E-state index in [1.807, 2.05) is 42.5 Å². The van der Waals surface area contributed by atoms with Gasteiger partial charge in [-0.25, -0.2) is 0 Å². The maximum absolute atomic E-state index is 13.4. The van der Waals surface area contributed by atoms with Gasteiger partial charge in [0.1, 0.15) is 11.8 Å². The van der Waals surface area contributed by atoms with Crippen molar-refractivity contribution in [2.45, 2.75) is 38.8 Å². The first-order valence-electron chi connectivity index (χ1n) is 12.4. The van der Waals surface area contributed by atoms with E-state index in [9.17, 15) is 9.59 Å². The summed E-state index contributed by atoms with van der Waals surface area (Å²) in [5.74, 6) is 0.636. The van der Waals surface area contributed by atoms with E-state index in [0.29, 0.717) is 29.8 Å². The number of carbonyl (C=O) groups is 2. The van der Waals surface area contributed by atoms with Crippen molar-refractivity contribution in [3.8, 4) is 5.75 Å². The van der Waals surface area contributed by atoms with Gasteiger partial charge < -0.3 is 20.3 Å². The lowest BCUT2D eigenvalue weighted by molar-refractivity contribution is -0.123. The molecule has 4 rings (SSSR count). The van der Waals surface area contributed by atoms with Crippen molar-refractivity contribution >= 4 is 22.6 Å². The number of benzene rings is 3. The van der Waals surface area contributed by atoms with E-state index in [0.717, 1.165) is 42.3 Å². The normalized spacial score (nSPS) is 15.7. The Morgan fingerprint density at radius 2 is 1.66 bits per heavy atom. The van der Waals surface area contributed by atoms with Crippen LogP contribution in [0.3, 0.4) is 0 Å². The summed E-state index contributed by atoms with van der Waals surface area (Å²) >= 11 is 0. The topological polar surface area (TPSA) is 70.7 Å². The van der Waals surface area contributed by atoms with Crippen molar-refractivity contribution in [1.29, 1.82) is 0 Å². The van der Waals surface area contributed by atoms with Crippen LogP contribution < -0.4 is 15.4 Å². The lowest BCUT2D eigenvalue weighted by Crippen LogP contribution is -2.44. The number of hydrogen-bond acceptors (Lipinski definition) is 4. The Bertz CT molecular complexity index is 1150. The summed E-state index contributed by atoms with van der Waals surface area (Å²) < 4.78 is 5.19. The van der Waals surface area contributed by atoms with Crippen molar-refractivity contribution in [3.05, 3.63) is 77.9 Å². The fraction of sp³-hybridized carbons (Fsp3) is 0.379. The standard InChI is InChI=1S/C29H35N3O3/c1-20(2)32-16-14-21(15-17-32)19-30-29(34)27(25-9-8-22-6-4-5-7-24(22)18-25)31-28(33)23-10-12-26(35-3)13-11-23/h4-13,18,20-21,27H,14-17,19H2,1-3H3,(H,30,34)(H,31,33). The van der Waals surface area contributed by atoms with Gasteiger partial charge in [-0.2, -0.15) is 0 Å². The van der Waals surface area contributed by atoms with Crippen LogP contribution in [0.15, 0.2) is 66.7 Å². The van der Waals surface area contributed by atoms with Crippen LogP contribution in [0.5, 0.6) is 5.75 Å². The molecule has 1 aliphatic heterocycles. The molecule has 0 aromatic heterocycles. The van der Waals surface area contributed by atoms with E-state index < -0.39 is 6.04 Å². The molecule has 1 heterocycles. The Kier molecular flexibility index (Phi) is 8.03. The fourth-order valence-electron chi connectivity index (χ4n) is 4.66. The molecule has 1 saturated heterocycles. The number of fused-ring (bicyclic) bond motifs is 1. The summed E-state index contributed by atoms with van der Waals surface area (Å²) in [6.45, 7) is 7.18. The zero-order chi connectivity index (χ0) is 24.8. The molecular formula is C29H35N3O3. The predicted molar refractivity (Wildman–Crippen MR) is 140 cm³/mol. The fourth-order valence-corrected chi connectivity index (χ4v) is 4.66. The molecule has 0 bridgehead atoms. The molecule has 2 N–H and O–H groups in total. The number of methoxy groups -OCH3 is 1. The van der Waals surface area contributed by atoms with Gasteiger partial charge in [0.25, 0.3) is 5.91 Å². The van der Waals surface area contributed by atoms with Crippen molar-refractivity contribution in [2.24, 2.45) is 5.92 Å². The Morgan fingerprint density at radius 1 is 0.971 bits per heavy atom. The molecule has 0 spiro atoms. The van der Waals surface area contributed by atoms with Crippen LogP contribution in [0.25, 0.3) is 10.8 Å². The molecule has 184 valence electrons. The van der Waals surface area contributed by atoms with Gasteiger partial charge >= 0.3 is 0 Å². The highest BCUT2D eigenvalue weighted by Gasteiger charge is 2.26. The van der Waals surface area contributed by atoms with Crippen molar-refractivity contribution in [2.75, 3.05) is 26.7 Å². The minimum absolute atomic E-state index is 0.187. The first-order chi connectivity index (χ1) is 16.9. The molecule has 2 amide bonds. The van der Waals surface area contributed by atoms with Crippen LogP contribution in [0.4, 0.5) is 0 Å². The highest BCUT2D eigenvalue weighted by Crippen LogP contribution is 2.23. The third kappa shape index (κ3) is 6.20. The highest BCUT2D eigenvalue weighted by atomic mass is 16.5. The van der Waals surface area contributed by atoms with Gasteiger partial charge in [-0.15, -0.1) is 0 Å².